The molecule has 0 aliphatic rings. The Balaban J connectivity index is 2.36. The number of amides is 1. The van der Waals surface area contributed by atoms with E-state index in [1.54, 1.807) is 24.3 Å². The lowest BCUT2D eigenvalue weighted by molar-refractivity contribution is 0.181. The van der Waals surface area contributed by atoms with Crippen LogP contribution in [0.4, 0.5) is 4.79 Å². The van der Waals surface area contributed by atoms with E-state index in [9.17, 15) is 4.79 Å². The summed E-state index contributed by atoms with van der Waals surface area (Å²) in [5.41, 5.74) is -0.134. The first-order valence-electron chi connectivity index (χ1n) is 5.65. The Morgan fingerprint density at radius 2 is 2.00 bits per heavy atom. The van der Waals surface area contributed by atoms with Gasteiger partial charge >= 0.3 is 6.09 Å². The molecule has 0 saturated carbocycles. The van der Waals surface area contributed by atoms with E-state index in [-0.39, 0.29) is 12.0 Å². The maximum absolute atomic E-state index is 11.5. The molecule has 1 aromatic carbocycles. The molecule has 4 heteroatoms. The van der Waals surface area contributed by atoms with Crippen molar-refractivity contribution in [3.63, 3.8) is 0 Å². The van der Waals surface area contributed by atoms with E-state index in [1.807, 2.05) is 19.9 Å². The number of benzene rings is 1. The van der Waals surface area contributed by atoms with Crippen molar-refractivity contribution in [3.8, 4) is 5.75 Å². The van der Waals surface area contributed by atoms with Crippen molar-refractivity contribution >= 4 is 6.09 Å². The van der Waals surface area contributed by atoms with Crippen LogP contribution in [-0.4, -0.2) is 24.4 Å². The summed E-state index contributed by atoms with van der Waals surface area (Å²) < 4.78 is 5.08. The number of carbonyl (C=O) groups excluding carboxylic acids is 1. The molecule has 0 atom stereocenters. The predicted molar refractivity (Wildman–Crippen MR) is 66.0 cm³/mol. The van der Waals surface area contributed by atoms with Gasteiger partial charge in [0, 0.05) is 13.2 Å². The lowest BCUT2D eigenvalue weighted by atomic mass is 9.90. The number of nitrogens with one attached hydrogen (secondary N) is 1. The molecule has 4 nitrogen and oxygen atoms in total. The average Bonchev–Trinajstić information content (AvgIpc) is 2.28. The predicted octanol–water partition coefficient (Wildman–Crippen LogP) is 2.18. The highest BCUT2D eigenvalue weighted by Gasteiger charge is 2.18. The fourth-order valence-electron chi connectivity index (χ4n) is 1.33. The summed E-state index contributed by atoms with van der Waals surface area (Å²) in [4.78, 5) is 11.5. The van der Waals surface area contributed by atoms with Crippen molar-refractivity contribution in [3.05, 3.63) is 30.3 Å². The Bertz CT molecular complexity index is 349. The molecular weight excluding hydrogens is 218 g/mol. The van der Waals surface area contributed by atoms with E-state index in [0.29, 0.717) is 18.7 Å². The van der Waals surface area contributed by atoms with Gasteiger partial charge in [-0.1, -0.05) is 32.0 Å². The number of para-hydroxylation sites is 1. The molecule has 1 aromatic rings. The molecule has 0 fully saturated rings. The summed E-state index contributed by atoms with van der Waals surface area (Å²) in [5, 5.41) is 11.5. The van der Waals surface area contributed by atoms with Crippen LogP contribution in [0, 0.1) is 5.41 Å². The second-order valence-corrected chi connectivity index (χ2v) is 4.69. The number of aliphatic hydroxyl groups is 1. The summed E-state index contributed by atoms with van der Waals surface area (Å²) >= 11 is 0. The first kappa shape index (κ1) is 13.5. The van der Waals surface area contributed by atoms with Gasteiger partial charge in [-0.15, -0.1) is 0 Å². The smallest absolute Gasteiger partial charge is 0.410 e. The quantitative estimate of drug-likeness (QED) is 0.825. The molecule has 2 N–H and O–H groups in total. The Hall–Kier alpha value is -1.55. The molecule has 0 bridgehead atoms. The van der Waals surface area contributed by atoms with Crippen molar-refractivity contribution in [1.29, 1.82) is 0 Å². The number of ether oxygens (including phenoxy) is 1. The second kappa shape index (κ2) is 6.25. The Morgan fingerprint density at radius 3 is 2.59 bits per heavy atom. The molecular formula is C13H19NO3. The lowest BCUT2D eigenvalue weighted by Crippen LogP contribution is -2.36. The van der Waals surface area contributed by atoms with Gasteiger partial charge in [0.05, 0.1) is 0 Å². The number of hydrogen-bond donors (Lipinski definition) is 2. The minimum absolute atomic E-state index is 0.114. The molecule has 94 valence electrons. The topological polar surface area (TPSA) is 58.6 Å². The lowest BCUT2D eigenvalue weighted by Gasteiger charge is -2.23. The minimum Gasteiger partial charge on any atom is -0.410 e. The van der Waals surface area contributed by atoms with Gasteiger partial charge in [0.2, 0.25) is 0 Å². The Morgan fingerprint density at radius 1 is 1.35 bits per heavy atom. The maximum atomic E-state index is 11.5. The highest BCUT2D eigenvalue weighted by atomic mass is 16.6. The van der Waals surface area contributed by atoms with Crippen LogP contribution in [0.2, 0.25) is 0 Å². The zero-order valence-corrected chi connectivity index (χ0v) is 10.3. The van der Waals surface area contributed by atoms with Gasteiger partial charge < -0.3 is 15.2 Å². The van der Waals surface area contributed by atoms with Crippen LogP contribution in [0.25, 0.3) is 0 Å². The second-order valence-electron chi connectivity index (χ2n) is 4.69. The summed E-state index contributed by atoms with van der Waals surface area (Å²) in [7, 11) is 0. The third-order valence-electron chi connectivity index (χ3n) is 2.45. The summed E-state index contributed by atoms with van der Waals surface area (Å²) in [6.45, 7) is 4.54. The fourth-order valence-corrected chi connectivity index (χ4v) is 1.33. The molecule has 0 radical (unpaired) electrons. The number of rotatable bonds is 5. The summed E-state index contributed by atoms with van der Waals surface area (Å²) in [6, 6.07) is 8.91. The van der Waals surface area contributed by atoms with Crippen molar-refractivity contribution in [1.82, 2.24) is 5.32 Å². The first-order chi connectivity index (χ1) is 8.03. The van der Waals surface area contributed by atoms with E-state index in [0.717, 1.165) is 0 Å². The van der Waals surface area contributed by atoms with E-state index < -0.39 is 6.09 Å². The number of carbonyl (C=O) groups is 1. The van der Waals surface area contributed by atoms with Crippen molar-refractivity contribution in [2.45, 2.75) is 20.3 Å². The zero-order chi connectivity index (χ0) is 12.7. The molecule has 0 heterocycles. The minimum atomic E-state index is -0.470. The molecule has 0 aliphatic carbocycles. The molecule has 17 heavy (non-hydrogen) atoms. The van der Waals surface area contributed by atoms with Crippen LogP contribution in [0.15, 0.2) is 30.3 Å². The number of aliphatic hydroxyl groups excluding tert-OH is 1. The van der Waals surface area contributed by atoms with Gasteiger partial charge in [-0.2, -0.15) is 0 Å². The van der Waals surface area contributed by atoms with E-state index in [4.69, 9.17) is 9.84 Å². The van der Waals surface area contributed by atoms with Crippen molar-refractivity contribution in [2.75, 3.05) is 13.2 Å². The molecule has 1 amide bonds. The fraction of sp³-hybridized carbons (Fsp3) is 0.462. The van der Waals surface area contributed by atoms with Crippen LogP contribution in [-0.2, 0) is 0 Å². The van der Waals surface area contributed by atoms with Gasteiger partial charge in [-0.05, 0) is 24.0 Å². The van der Waals surface area contributed by atoms with Crippen LogP contribution >= 0.6 is 0 Å². The molecule has 0 aromatic heterocycles. The van der Waals surface area contributed by atoms with Crippen molar-refractivity contribution in [2.24, 2.45) is 5.41 Å². The van der Waals surface area contributed by atoms with E-state index in [2.05, 4.69) is 5.32 Å². The van der Waals surface area contributed by atoms with Gasteiger partial charge in [0.15, 0.2) is 0 Å². The third-order valence-corrected chi connectivity index (χ3v) is 2.45. The standard InChI is InChI=1S/C13H19NO3/c1-13(2,8-9-15)10-14-12(16)17-11-6-4-3-5-7-11/h3-7,15H,8-10H2,1-2H3,(H,14,16). The van der Waals surface area contributed by atoms with Crippen LogP contribution in [0.3, 0.4) is 0 Å². The normalized spacial score (nSPS) is 11.0. The maximum Gasteiger partial charge on any atom is 0.412 e. The molecule has 0 unspecified atom stereocenters. The SMILES string of the molecule is CC(C)(CCO)CNC(=O)Oc1ccccc1. The monoisotopic (exact) mass is 237 g/mol. The number of hydrogen-bond acceptors (Lipinski definition) is 3. The molecule has 0 saturated heterocycles. The largest absolute Gasteiger partial charge is 0.412 e. The van der Waals surface area contributed by atoms with Crippen LogP contribution < -0.4 is 10.1 Å². The van der Waals surface area contributed by atoms with E-state index in [1.165, 1.54) is 0 Å². The average molecular weight is 237 g/mol. The van der Waals surface area contributed by atoms with Gasteiger partial charge in [-0.3, -0.25) is 0 Å². The zero-order valence-electron chi connectivity index (χ0n) is 10.3. The van der Waals surface area contributed by atoms with Crippen LogP contribution in [0.1, 0.15) is 20.3 Å². The van der Waals surface area contributed by atoms with Gasteiger partial charge in [0.25, 0.3) is 0 Å². The molecule has 1 rings (SSSR count). The highest BCUT2D eigenvalue weighted by molar-refractivity contribution is 5.70. The van der Waals surface area contributed by atoms with E-state index >= 15 is 0 Å². The van der Waals surface area contributed by atoms with Crippen LogP contribution in [0.5, 0.6) is 5.75 Å². The van der Waals surface area contributed by atoms with Crippen molar-refractivity contribution < 1.29 is 14.6 Å². The molecule has 0 spiro atoms. The highest BCUT2D eigenvalue weighted by Crippen LogP contribution is 2.18. The van der Waals surface area contributed by atoms with Gasteiger partial charge in [-0.25, -0.2) is 4.79 Å². The molecule has 0 aliphatic heterocycles. The van der Waals surface area contributed by atoms with Gasteiger partial charge in [0.1, 0.15) is 5.75 Å². The summed E-state index contributed by atoms with van der Waals surface area (Å²) in [5.74, 6) is 0.518. The summed E-state index contributed by atoms with van der Waals surface area (Å²) in [6.07, 6.45) is 0.167. The third kappa shape index (κ3) is 5.36. The Labute approximate surface area is 102 Å². The Kier molecular flexibility index (Phi) is 4.97. The first-order valence-corrected chi connectivity index (χ1v) is 5.65.